The summed E-state index contributed by atoms with van der Waals surface area (Å²) in [5.41, 5.74) is 1.18. The van der Waals surface area contributed by atoms with Gasteiger partial charge in [0.05, 0.1) is 30.7 Å². The van der Waals surface area contributed by atoms with Crippen molar-refractivity contribution in [2.45, 2.75) is 32.7 Å². The molecule has 0 bridgehead atoms. The van der Waals surface area contributed by atoms with E-state index in [4.69, 9.17) is 13.9 Å². The molecule has 4 rings (SSSR count). The minimum atomic E-state index is -0.640. The van der Waals surface area contributed by atoms with E-state index in [2.05, 4.69) is 13.8 Å². The number of carbonyl (C=O) groups excluding carboxylic acids is 1. The highest BCUT2D eigenvalue weighted by Gasteiger charge is 2.42. The normalized spacial score (nSPS) is 15.4. The molecule has 2 heterocycles. The third-order valence-electron chi connectivity index (χ3n) is 5.89. The first-order valence-electron chi connectivity index (χ1n) is 11.2. The summed E-state index contributed by atoms with van der Waals surface area (Å²) in [5.74, 6) is 1.36. The second kappa shape index (κ2) is 9.67. The van der Waals surface area contributed by atoms with Crippen LogP contribution in [0.5, 0.6) is 11.5 Å². The standard InChI is InChI=1S/C26H29NO6/c1-16(2)11-14-32-20-10-9-17(15-21(20)31-3)23-22-24(29)18-7-4-5-8-19(18)33-25(22)26(30)27(23)12-6-13-28/h4-5,7-10,15-16,23,28H,6,11-14H2,1-3H3/t23-/m1/s1. The molecule has 1 amide bonds. The lowest BCUT2D eigenvalue weighted by molar-refractivity contribution is 0.0716. The van der Waals surface area contributed by atoms with Crippen molar-refractivity contribution in [3.8, 4) is 11.5 Å². The van der Waals surface area contributed by atoms with Gasteiger partial charge >= 0.3 is 0 Å². The van der Waals surface area contributed by atoms with Gasteiger partial charge in [0.2, 0.25) is 5.76 Å². The largest absolute Gasteiger partial charge is 0.493 e. The Morgan fingerprint density at radius 1 is 1.12 bits per heavy atom. The predicted octanol–water partition coefficient (Wildman–Crippen LogP) is 4.15. The molecular weight excluding hydrogens is 422 g/mol. The van der Waals surface area contributed by atoms with Crippen LogP contribution in [-0.4, -0.2) is 42.8 Å². The molecule has 1 atom stereocenters. The number of para-hydroxylation sites is 1. The molecule has 0 fully saturated rings. The van der Waals surface area contributed by atoms with E-state index >= 15 is 0 Å². The first-order valence-corrected chi connectivity index (χ1v) is 11.2. The maximum atomic E-state index is 13.5. The number of amides is 1. The first kappa shape index (κ1) is 22.9. The molecule has 1 N–H and O–H groups in total. The van der Waals surface area contributed by atoms with E-state index in [1.165, 1.54) is 0 Å². The number of fused-ring (bicyclic) bond motifs is 2. The average Bonchev–Trinajstić information content (AvgIpc) is 3.09. The number of rotatable bonds is 9. The van der Waals surface area contributed by atoms with Crippen molar-refractivity contribution < 1.29 is 23.8 Å². The summed E-state index contributed by atoms with van der Waals surface area (Å²) in [4.78, 5) is 28.3. The van der Waals surface area contributed by atoms with Gasteiger partial charge in [-0.05, 0) is 48.6 Å². The van der Waals surface area contributed by atoms with E-state index < -0.39 is 6.04 Å². The highest BCUT2D eigenvalue weighted by molar-refractivity contribution is 5.99. The predicted molar refractivity (Wildman–Crippen MR) is 125 cm³/mol. The Kier molecular flexibility index (Phi) is 6.70. The molecule has 33 heavy (non-hydrogen) atoms. The summed E-state index contributed by atoms with van der Waals surface area (Å²) >= 11 is 0. The fourth-order valence-electron chi connectivity index (χ4n) is 4.16. The molecule has 3 aromatic rings. The zero-order valence-corrected chi connectivity index (χ0v) is 19.2. The highest BCUT2D eigenvalue weighted by atomic mass is 16.5. The van der Waals surface area contributed by atoms with Crippen molar-refractivity contribution in [3.63, 3.8) is 0 Å². The third-order valence-corrected chi connectivity index (χ3v) is 5.89. The van der Waals surface area contributed by atoms with E-state index in [1.807, 2.05) is 12.1 Å². The molecule has 1 aliphatic heterocycles. The number of nitrogens with zero attached hydrogens (tertiary/aromatic N) is 1. The third kappa shape index (κ3) is 4.33. The minimum Gasteiger partial charge on any atom is -0.493 e. The second-order valence-corrected chi connectivity index (χ2v) is 8.59. The maximum absolute atomic E-state index is 13.5. The van der Waals surface area contributed by atoms with E-state index in [-0.39, 0.29) is 30.2 Å². The van der Waals surface area contributed by atoms with Gasteiger partial charge in [-0.15, -0.1) is 0 Å². The highest BCUT2D eigenvalue weighted by Crippen LogP contribution is 2.41. The molecule has 7 heteroatoms. The lowest BCUT2D eigenvalue weighted by Gasteiger charge is -2.25. The minimum absolute atomic E-state index is 0.0536. The molecule has 174 valence electrons. The Bertz CT molecular complexity index is 1220. The second-order valence-electron chi connectivity index (χ2n) is 8.59. The summed E-state index contributed by atoms with van der Waals surface area (Å²) in [6, 6.07) is 11.7. The average molecular weight is 452 g/mol. The van der Waals surface area contributed by atoms with E-state index in [9.17, 15) is 14.7 Å². The summed E-state index contributed by atoms with van der Waals surface area (Å²) in [7, 11) is 1.56. The maximum Gasteiger partial charge on any atom is 0.290 e. The van der Waals surface area contributed by atoms with Crippen LogP contribution in [-0.2, 0) is 0 Å². The van der Waals surface area contributed by atoms with Gasteiger partial charge in [0.25, 0.3) is 5.91 Å². The molecule has 2 aromatic carbocycles. The quantitative estimate of drug-likeness (QED) is 0.526. The number of methoxy groups -OCH3 is 1. The van der Waals surface area contributed by atoms with Gasteiger partial charge in [-0.1, -0.05) is 32.0 Å². The van der Waals surface area contributed by atoms with Gasteiger partial charge in [-0.25, -0.2) is 0 Å². The van der Waals surface area contributed by atoms with Crippen molar-refractivity contribution in [2.24, 2.45) is 5.92 Å². The zero-order valence-electron chi connectivity index (χ0n) is 19.2. The summed E-state index contributed by atoms with van der Waals surface area (Å²) in [6.07, 6.45) is 1.30. The van der Waals surface area contributed by atoms with Gasteiger partial charge < -0.3 is 23.9 Å². The van der Waals surface area contributed by atoms with Crippen LogP contribution < -0.4 is 14.9 Å². The van der Waals surface area contributed by atoms with Crippen molar-refractivity contribution in [3.05, 3.63) is 69.6 Å². The molecule has 1 aromatic heterocycles. The van der Waals surface area contributed by atoms with Crippen LogP contribution >= 0.6 is 0 Å². The molecular formula is C26H29NO6. The number of ether oxygens (including phenoxy) is 2. The van der Waals surface area contributed by atoms with Crippen LogP contribution in [0.4, 0.5) is 0 Å². The van der Waals surface area contributed by atoms with Gasteiger partial charge in [-0.3, -0.25) is 9.59 Å². The van der Waals surface area contributed by atoms with Gasteiger partial charge in [0, 0.05) is 13.2 Å². The molecule has 0 aliphatic carbocycles. The summed E-state index contributed by atoms with van der Waals surface area (Å²) in [5, 5.41) is 9.81. The van der Waals surface area contributed by atoms with E-state index in [0.717, 1.165) is 12.0 Å². The number of benzene rings is 2. The van der Waals surface area contributed by atoms with E-state index in [1.54, 1.807) is 42.3 Å². The van der Waals surface area contributed by atoms with Crippen molar-refractivity contribution in [1.82, 2.24) is 4.90 Å². The molecule has 0 saturated carbocycles. The van der Waals surface area contributed by atoms with Gasteiger partial charge in [-0.2, -0.15) is 0 Å². The van der Waals surface area contributed by atoms with Crippen molar-refractivity contribution in [1.29, 1.82) is 0 Å². The monoisotopic (exact) mass is 451 g/mol. The lowest BCUT2D eigenvalue weighted by Crippen LogP contribution is -2.31. The summed E-state index contributed by atoms with van der Waals surface area (Å²) in [6.45, 7) is 5.05. The Hall–Kier alpha value is -3.32. The van der Waals surface area contributed by atoms with Crippen LogP contribution in [0.15, 0.2) is 51.7 Å². The Labute approximate surface area is 192 Å². The first-order chi connectivity index (χ1) is 16.0. The van der Waals surface area contributed by atoms with Crippen LogP contribution in [0.2, 0.25) is 0 Å². The topological polar surface area (TPSA) is 89.2 Å². The fourth-order valence-corrected chi connectivity index (χ4v) is 4.16. The molecule has 0 saturated heterocycles. The Morgan fingerprint density at radius 3 is 2.64 bits per heavy atom. The fraction of sp³-hybridized carbons (Fsp3) is 0.385. The lowest BCUT2D eigenvalue weighted by atomic mass is 9.98. The molecule has 1 aliphatic rings. The van der Waals surface area contributed by atoms with Crippen molar-refractivity contribution >= 4 is 16.9 Å². The number of hydrogen-bond donors (Lipinski definition) is 1. The SMILES string of the molecule is COc1cc([C@@H]2c3c(oc4ccccc4c3=O)C(=O)N2CCCO)ccc1OCCC(C)C. The zero-order chi connectivity index (χ0) is 23.5. The van der Waals surface area contributed by atoms with Crippen molar-refractivity contribution in [2.75, 3.05) is 26.9 Å². The van der Waals surface area contributed by atoms with E-state index in [0.29, 0.717) is 47.0 Å². The van der Waals surface area contributed by atoms with Crippen LogP contribution in [0.3, 0.4) is 0 Å². The Balaban J connectivity index is 1.80. The van der Waals surface area contributed by atoms with Crippen LogP contribution in [0, 0.1) is 5.92 Å². The van der Waals surface area contributed by atoms with Crippen LogP contribution in [0.25, 0.3) is 11.0 Å². The molecule has 0 radical (unpaired) electrons. The van der Waals surface area contributed by atoms with Crippen LogP contribution in [0.1, 0.15) is 54.4 Å². The number of aliphatic hydroxyl groups excluding tert-OH is 1. The number of aliphatic hydroxyl groups is 1. The van der Waals surface area contributed by atoms with Gasteiger partial charge in [0.1, 0.15) is 5.58 Å². The molecule has 7 nitrogen and oxygen atoms in total. The number of hydrogen-bond acceptors (Lipinski definition) is 6. The Morgan fingerprint density at radius 2 is 1.91 bits per heavy atom. The smallest absolute Gasteiger partial charge is 0.290 e. The number of carbonyl (C=O) groups is 1. The van der Waals surface area contributed by atoms with Gasteiger partial charge in [0.15, 0.2) is 16.9 Å². The molecule has 0 unspecified atom stereocenters. The summed E-state index contributed by atoms with van der Waals surface area (Å²) < 4.78 is 17.4. The molecule has 0 spiro atoms.